The molecule has 2 heterocycles. The summed E-state index contributed by atoms with van der Waals surface area (Å²) in [5, 5.41) is 0. The highest BCUT2D eigenvalue weighted by Gasteiger charge is 2.26. The number of benzene rings is 1. The number of carbonyl (C=O) groups excluding carboxylic acids is 1. The van der Waals surface area contributed by atoms with Crippen LogP contribution in [0.3, 0.4) is 0 Å². The molecule has 0 aliphatic rings. The highest BCUT2D eigenvalue weighted by Crippen LogP contribution is 2.22. The van der Waals surface area contributed by atoms with Crippen molar-refractivity contribution in [1.82, 2.24) is 19.1 Å². The second kappa shape index (κ2) is 10.9. The molecule has 0 aliphatic heterocycles. The third-order valence-electron chi connectivity index (χ3n) is 5.40. The summed E-state index contributed by atoms with van der Waals surface area (Å²) in [6.07, 6.45) is 5.10. The number of hydrogen-bond acceptors (Lipinski definition) is 6. The third kappa shape index (κ3) is 5.56. The number of nitrogens with one attached hydrogen (secondary N) is 1. The van der Waals surface area contributed by atoms with Gasteiger partial charge in [0, 0.05) is 38.1 Å². The van der Waals surface area contributed by atoms with Gasteiger partial charge in [-0.15, -0.1) is 0 Å². The van der Waals surface area contributed by atoms with E-state index < -0.39 is 11.2 Å². The molecule has 3 rings (SSSR count). The Bertz CT molecular complexity index is 1240. The molecule has 0 saturated carbocycles. The topological polar surface area (TPSA) is 128 Å². The summed E-state index contributed by atoms with van der Waals surface area (Å²) < 4.78 is 8.94. The van der Waals surface area contributed by atoms with Crippen LogP contribution in [0.15, 0.2) is 46.2 Å². The van der Waals surface area contributed by atoms with Crippen LogP contribution in [0.1, 0.15) is 49.8 Å². The number of aromatic nitrogens is 4. The van der Waals surface area contributed by atoms with Crippen molar-refractivity contribution in [3.63, 3.8) is 0 Å². The Kier molecular flexibility index (Phi) is 7.93. The van der Waals surface area contributed by atoms with Crippen LogP contribution in [0.5, 0.6) is 5.75 Å². The zero-order valence-corrected chi connectivity index (χ0v) is 20.1. The van der Waals surface area contributed by atoms with Gasteiger partial charge in [0.2, 0.25) is 0 Å². The smallest absolute Gasteiger partial charge is 0.330 e. The van der Waals surface area contributed by atoms with Gasteiger partial charge in [-0.25, -0.2) is 9.78 Å². The van der Waals surface area contributed by atoms with Gasteiger partial charge in [-0.2, -0.15) is 0 Å². The fourth-order valence-corrected chi connectivity index (χ4v) is 3.55. The molecule has 0 fully saturated rings. The fraction of sp³-hybridized carbons (Fsp3) is 0.417. The van der Waals surface area contributed by atoms with Crippen LogP contribution in [0.25, 0.3) is 0 Å². The van der Waals surface area contributed by atoms with Crippen molar-refractivity contribution in [3.8, 4) is 5.75 Å². The predicted molar refractivity (Wildman–Crippen MR) is 131 cm³/mol. The molecule has 0 atom stereocenters. The third-order valence-corrected chi connectivity index (χ3v) is 5.40. The maximum Gasteiger partial charge on any atom is 0.330 e. The molecule has 182 valence electrons. The summed E-state index contributed by atoms with van der Waals surface area (Å²) in [4.78, 5) is 46.4. The summed E-state index contributed by atoms with van der Waals surface area (Å²) in [5.74, 6) is 1.02. The number of anilines is 2. The lowest BCUT2D eigenvalue weighted by Gasteiger charge is -2.26. The Morgan fingerprint density at radius 3 is 2.53 bits per heavy atom. The number of carbonyl (C=O) groups is 1. The van der Waals surface area contributed by atoms with Crippen molar-refractivity contribution < 1.29 is 9.53 Å². The van der Waals surface area contributed by atoms with E-state index in [1.54, 1.807) is 30.5 Å². The van der Waals surface area contributed by atoms with E-state index >= 15 is 0 Å². The second-order valence-electron chi connectivity index (χ2n) is 8.58. The quantitative estimate of drug-likeness (QED) is 0.471. The molecule has 3 N–H and O–H groups in total. The number of unbranched alkanes of at least 4 members (excludes halogenated alkanes) is 1. The number of ether oxygens (including phenoxy) is 1. The molecule has 0 bridgehead atoms. The summed E-state index contributed by atoms with van der Waals surface area (Å²) in [5.41, 5.74) is 5.36. The highest BCUT2D eigenvalue weighted by atomic mass is 16.5. The number of nitrogens with two attached hydrogens (primary N) is 1. The monoisotopic (exact) mass is 468 g/mol. The normalized spacial score (nSPS) is 11.1. The molecule has 2 aromatic heterocycles. The second-order valence-corrected chi connectivity index (χ2v) is 8.58. The van der Waals surface area contributed by atoms with E-state index in [0.717, 1.165) is 12.2 Å². The van der Waals surface area contributed by atoms with E-state index in [2.05, 4.69) is 9.97 Å². The first kappa shape index (κ1) is 24.8. The lowest BCUT2D eigenvalue weighted by atomic mass is 10.1. The zero-order valence-electron chi connectivity index (χ0n) is 20.1. The molecule has 10 heteroatoms. The summed E-state index contributed by atoms with van der Waals surface area (Å²) in [7, 11) is 1.88. The lowest BCUT2D eigenvalue weighted by molar-refractivity contribution is 0.0983. The number of H-pyrrole nitrogens is 1. The first-order chi connectivity index (χ1) is 16.2. The molecule has 0 spiro atoms. The fourth-order valence-electron chi connectivity index (χ4n) is 3.55. The lowest BCUT2D eigenvalue weighted by Crippen LogP contribution is -2.42. The minimum Gasteiger partial charge on any atom is -0.486 e. The van der Waals surface area contributed by atoms with Crippen molar-refractivity contribution in [2.75, 3.05) is 17.2 Å². The van der Waals surface area contributed by atoms with Crippen LogP contribution in [0, 0.1) is 5.92 Å². The van der Waals surface area contributed by atoms with Gasteiger partial charge in [-0.05, 0) is 36.6 Å². The molecule has 0 radical (unpaired) electrons. The van der Waals surface area contributed by atoms with Crippen molar-refractivity contribution in [1.29, 1.82) is 0 Å². The molecular weight excluding hydrogens is 436 g/mol. The van der Waals surface area contributed by atoms with Crippen LogP contribution in [0.2, 0.25) is 0 Å². The predicted octanol–water partition coefficient (Wildman–Crippen LogP) is 2.53. The molecule has 34 heavy (non-hydrogen) atoms. The van der Waals surface area contributed by atoms with Gasteiger partial charge in [0.25, 0.3) is 11.5 Å². The molecule has 0 saturated heterocycles. The minimum absolute atomic E-state index is 0.00813. The largest absolute Gasteiger partial charge is 0.486 e. The molecular formula is C24H32N6O4. The van der Waals surface area contributed by atoms with Crippen LogP contribution in [-0.4, -0.2) is 31.6 Å². The summed E-state index contributed by atoms with van der Waals surface area (Å²) in [6, 6.07) is 6.67. The first-order valence-electron chi connectivity index (χ1n) is 11.4. The molecule has 1 aromatic carbocycles. The number of aromatic amines is 1. The Morgan fingerprint density at radius 2 is 1.94 bits per heavy atom. The molecule has 3 aromatic rings. The maximum atomic E-state index is 13.5. The van der Waals surface area contributed by atoms with Crippen molar-refractivity contribution in [2.24, 2.45) is 13.0 Å². The van der Waals surface area contributed by atoms with E-state index in [1.807, 2.05) is 38.6 Å². The van der Waals surface area contributed by atoms with Gasteiger partial charge >= 0.3 is 5.69 Å². The van der Waals surface area contributed by atoms with Crippen molar-refractivity contribution >= 4 is 17.4 Å². The zero-order chi connectivity index (χ0) is 24.8. The van der Waals surface area contributed by atoms with Crippen LogP contribution < -0.4 is 26.6 Å². The molecule has 10 nitrogen and oxygen atoms in total. The highest BCUT2D eigenvalue weighted by molar-refractivity contribution is 6.07. The van der Waals surface area contributed by atoms with E-state index in [1.165, 1.54) is 9.47 Å². The summed E-state index contributed by atoms with van der Waals surface area (Å²) in [6.45, 7) is 6.78. The van der Waals surface area contributed by atoms with Crippen molar-refractivity contribution in [2.45, 2.75) is 46.8 Å². The molecule has 0 unspecified atom stereocenters. The number of nitrogens with zero attached hydrogens (tertiary/aromatic N) is 4. The average molecular weight is 469 g/mol. The number of aryl methyl sites for hydroxylation is 1. The van der Waals surface area contributed by atoms with Crippen molar-refractivity contribution in [3.05, 3.63) is 68.9 Å². The Balaban J connectivity index is 1.90. The van der Waals surface area contributed by atoms with Gasteiger partial charge < -0.3 is 19.9 Å². The van der Waals surface area contributed by atoms with Gasteiger partial charge in [0.1, 0.15) is 24.0 Å². The Morgan fingerprint density at radius 1 is 1.24 bits per heavy atom. The van der Waals surface area contributed by atoms with E-state index in [0.29, 0.717) is 30.9 Å². The molecule has 0 aliphatic carbocycles. The number of nitrogen functional groups attached to an aromatic ring is 1. The van der Waals surface area contributed by atoms with Gasteiger partial charge in [0.05, 0.1) is 0 Å². The Labute approximate surface area is 198 Å². The molecule has 1 amide bonds. The average Bonchev–Trinajstić information content (AvgIpc) is 3.21. The SMILES string of the molecule is CCCCn1c(N)c(N(CC(C)C)C(=O)c2ccc(OCc3nccn3C)cc2)c(=O)[nH]c1=O. The van der Waals surface area contributed by atoms with Gasteiger partial charge in [-0.1, -0.05) is 27.2 Å². The van der Waals surface area contributed by atoms with Crippen LogP contribution in [0.4, 0.5) is 11.5 Å². The number of amides is 1. The van der Waals surface area contributed by atoms with Gasteiger partial charge in [-0.3, -0.25) is 19.1 Å². The van der Waals surface area contributed by atoms with Crippen LogP contribution in [-0.2, 0) is 20.2 Å². The van der Waals surface area contributed by atoms with E-state index in [-0.39, 0.29) is 29.9 Å². The standard InChI is InChI=1S/C24H32N6O4/c1-5-6-12-29-21(25)20(22(31)27-24(29)33)30(14-16(2)3)23(32)17-7-9-18(10-8-17)34-15-19-26-11-13-28(19)4/h7-11,13,16H,5-6,12,14-15,25H2,1-4H3,(H,27,31,33). The Hall–Kier alpha value is -3.82. The first-order valence-corrected chi connectivity index (χ1v) is 11.4. The number of rotatable bonds is 10. The van der Waals surface area contributed by atoms with E-state index in [9.17, 15) is 14.4 Å². The number of imidazole rings is 1. The summed E-state index contributed by atoms with van der Waals surface area (Å²) >= 11 is 0. The minimum atomic E-state index is -0.681. The maximum absolute atomic E-state index is 13.5. The van der Waals surface area contributed by atoms with Crippen LogP contribution >= 0.6 is 0 Å². The van der Waals surface area contributed by atoms with E-state index in [4.69, 9.17) is 10.5 Å². The van der Waals surface area contributed by atoms with Gasteiger partial charge in [0.15, 0.2) is 5.69 Å². The number of hydrogen-bond donors (Lipinski definition) is 2.